The van der Waals surface area contributed by atoms with E-state index in [-0.39, 0.29) is 11.4 Å². The third-order valence-corrected chi connectivity index (χ3v) is 4.93. The lowest BCUT2D eigenvalue weighted by Gasteiger charge is -2.25. The second-order valence-electron chi connectivity index (χ2n) is 5.08. The second-order valence-corrected chi connectivity index (χ2v) is 6.84. The van der Waals surface area contributed by atoms with E-state index < -0.39 is 15.6 Å². The van der Waals surface area contributed by atoms with Crippen molar-refractivity contribution in [1.29, 1.82) is 0 Å². The number of aliphatic hydroxyl groups is 1. The van der Waals surface area contributed by atoms with Crippen molar-refractivity contribution in [2.45, 2.75) is 50.5 Å². The van der Waals surface area contributed by atoms with Gasteiger partial charge in [-0.15, -0.1) is 0 Å². The molecule has 0 saturated heterocycles. The molecule has 120 valence electrons. The van der Waals surface area contributed by atoms with Crippen LogP contribution in [0.4, 0.5) is 0 Å². The average molecular weight is 315 g/mol. The van der Waals surface area contributed by atoms with E-state index >= 15 is 0 Å². The summed E-state index contributed by atoms with van der Waals surface area (Å²) in [6.45, 7) is 6.28. The Kier molecular flexibility index (Phi) is 6.64. The van der Waals surface area contributed by atoms with E-state index in [0.29, 0.717) is 25.2 Å². The molecule has 5 nitrogen and oxygen atoms in total. The van der Waals surface area contributed by atoms with Gasteiger partial charge in [-0.25, -0.2) is 13.1 Å². The molecule has 0 fully saturated rings. The summed E-state index contributed by atoms with van der Waals surface area (Å²) in [6, 6.07) is 6.28. The van der Waals surface area contributed by atoms with Crippen molar-refractivity contribution in [3.8, 4) is 5.75 Å². The van der Waals surface area contributed by atoms with Gasteiger partial charge in [-0.1, -0.05) is 20.8 Å². The first kappa shape index (κ1) is 17.9. The van der Waals surface area contributed by atoms with Crippen molar-refractivity contribution in [1.82, 2.24) is 4.72 Å². The highest BCUT2D eigenvalue weighted by molar-refractivity contribution is 7.89. The average Bonchev–Trinajstić information content (AvgIpc) is 2.51. The molecule has 1 rings (SSSR count). The first-order chi connectivity index (χ1) is 9.87. The summed E-state index contributed by atoms with van der Waals surface area (Å²) in [5, 5.41) is 10.1. The molecule has 1 aromatic carbocycles. The van der Waals surface area contributed by atoms with Gasteiger partial charge in [0.15, 0.2) is 0 Å². The molecule has 6 heteroatoms. The topological polar surface area (TPSA) is 75.6 Å². The van der Waals surface area contributed by atoms with Crippen LogP contribution in [0, 0.1) is 0 Å². The van der Waals surface area contributed by atoms with E-state index in [9.17, 15) is 13.5 Å². The molecule has 0 aliphatic carbocycles. The summed E-state index contributed by atoms with van der Waals surface area (Å²) in [6.07, 6.45) is 1.89. The van der Waals surface area contributed by atoms with Gasteiger partial charge in [0.2, 0.25) is 10.0 Å². The van der Waals surface area contributed by atoms with Crippen molar-refractivity contribution in [2.75, 3.05) is 13.2 Å². The Hall–Kier alpha value is -1.11. The Morgan fingerprint density at radius 2 is 1.71 bits per heavy atom. The van der Waals surface area contributed by atoms with Crippen LogP contribution in [0.1, 0.15) is 40.0 Å². The second kappa shape index (κ2) is 7.77. The van der Waals surface area contributed by atoms with Crippen LogP contribution in [0.25, 0.3) is 0 Å². The number of hydrogen-bond donors (Lipinski definition) is 2. The van der Waals surface area contributed by atoms with Crippen LogP contribution in [0.2, 0.25) is 0 Å². The van der Waals surface area contributed by atoms with E-state index in [2.05, 4.69) is 4.72 Å². The lowest BCUT2D eigenvalue weighted by Crippen LogP contribution is -2.41. The van der Waals surface area contributed by atoms with Crippen molar-refractivity contribution in [2.24, 2.45) is 0 Å². The maximum Gasteiger partial charge on any atom is 0.240 e. The Labute approximate surface area is 127 Å². The largest absolute Gasteiger partial charge is 0.494 e. The van der Waals surface area contributed by atoms with Crippen molar-refractivity contribution in [3.05, 3.63) is 24.3 Å². The van der Waals surface area contributed by atoms with Crippen LogP contribution < -0.4 is 9.46 Å². The number of benzene rings is 1. The fraction of sp³-hybridized carbons (Fsp3) is 0.600. The molecule has 1 aromatic rings. The normalized spacial score (nSPS) is 12.4. The molecule has 0 amide bonds. The van der Waals surface area contributed by atoms with E-state index in [1.807, 2.05) is 20.8 Å². The zero-order chi connectivity index (χ0) is 15.9. The molecule has 0 saturated carbocycles. The highest BCUT2D eigenvalue weighted by Gasteiger charge is 2.25. The molecule has 0 aliphatic heterocycles. The third kappa shape index (κ3) is 5.30. The molecule has 21 heavy (non-hydrogen) atoms. The molecule has 0 aliphatic rings. The van der Waals surface area contributed by atoms with Gasteiger partial charge in [-0.05, 0) is 43.5 Å². The minimum absolute atomic E-state index is 0.0103. The van der Waals surface area contributed by atoms with Crippen molar-refractivity contribution in [3.63, 3.8) is 0 Å². The van der Waals surface area contributed by atoms with Gasteiger partial charge < -0.3 is 9.84 Å². The Balaban J connectivity index is 2.74. The first-order valence-electron chi connectivity index (χ1n) is 7.31. The van der Waals surface area contributed by atoms with Gasteiger partial charge in [0, 0.05) is 6.54 Å². The lowest BCUT2D eigenvalue weighted by molar-refractivity contribution is 0.0377. The Bertz CT molecular complexity index is 521. The minimum atomic E-state index is -3.62. The standard InChI is InChI=1S/C15H25NO4S/c1-4-11-20-13-7-9-14(10-8-13)21(18,19)16-12-15(17,5-2)6-3/h7-10,16-17H,4-6,11-12H2,1-3H3. The molecule has 0 heterocycles. The van der Waals surface area contributed by atoms with E-state index in [0.717, 1.165) is 6.42 Å². The number of nitrogens with one attached hydrogen (secondary N) is 1. The zero-order valence-electron chi connectivity index (χ0n) is 12.9. The van der Waals surface area contributed by atoms with Crippen LogP contribution in [0.15, 0.2) is 29.2 Å². The van der Waals surface area contributed by atoms with Gasteiger partial charge in [-0.2, -0.15) is 0 Å². The SMILES string of the molecule is CCCOc1ccc(S(=O)(=O)NCC(O)(CC)CC)cc1. The van der Waals surface area contributed by atoms with Gasteiger partial charge in [0.05, 0.1) is 17.1 Å². The summed E-state index contributed by atoms with van der Waals surface area (Å²) in [7, 11) is -3.62. The number of hydrogen-bond acceptors (Lipinski definition) is 4. The summed E-state index contributed by atoms with van der Waals surface area (Å²) >= 11 is 0. The summed E-state index contributed by atoms with van der Waals surface area (Å²) in [4.78, 5) is 0.168. The smallest absolute Gasteiger partial charge is 0.240 e. The predicted molar refractivity (Wildman–Crippen MR) is 82.9 cm³/mol. The van der Waals surface area contributed by atoms with Gasteiger partial charge in [0.25, 0.3) is 0 Å². The fourth-order valence-corrected chi connectivity index (χ4v) is 2.87. The van der Waals surface area contributed by atoms with E-state index in [1.54, 1.807) is 12.1 Å². The maximum atomic E-state index is 12.2. The molecule has 0 atom stereocenters. The maximum absolute atomic E-state index is 12.2. The van der Waals surface area contributed by atoms with Crippen LogP contribution >= 0.6 is 0 Å². The van der Waals surface area contributed by atoms with Crippen LogP contribution in [0.5, 0.6) is 5.75 Å². The summed E-state index contributed by atoms with van der Waals surface area (Å²) in [5.74, 6) is 0.648. The highest BCUT2D eigenvalue weighted by atomic mass is 32.2. The van der Waals surface area contributed by atoms with Crippen LogP contribution in [0.3, 0.4) is 0 Å². The fourth-order valence-electron chi connectivity index (χ4n) is 1.75. The molecule has 0 radical (unpaired) electrons. The van der Waals surface area contributed by atoms with Gasteiger partial charge >= 0.3 is 0 Å². The zero-order valence-corrected chi connectivity index (χ0v) is 13.7. The minimum Gasteiger partial charge on any atom is -0.494 e. The van der Waals surface area contributed by atoms with Crippen molar-refractivity contribution < 1.29 is 18.3 Å². The predicted octanol–water partition coefficient (Wildman–Crippen LogP) is 2.30. The molecule has 2 N–H and O–H groups in total. The van der Waals surface area contributed by atoms with E-state index in [4.69, 9.17) is 4.74 Å². The number of sulfonamides is 1. The number of ether oxygens (including phenoxy) is 1. The Morgan fingerprint density at radius 1 is 1.14 bits per heavy atom. The molecule has 0 spiro atoms. The van der Waals surface area contributed by atoms with Crippen LogP contribution in [-0.2, 0) is 10.0 Å². The Morgan fingerprint density at radius 3 is 2.19 bits per heavy atom. The van der Waals surface area contributed by atoms with E-state index in [1.165, 1.54) is 12.1 Å². The molecule has 0 bridgehead atoms. The lowest BCUT2D eigenvalue weighted by atomic mass is 9.98. The summed E-state index contributed by atoms with van der Waals surface area (Å²) in [5.41, 5.74) is -1.00. The highest BCUT2D eigenvalue weighted by Crippen LogP contribution is 2.18. The van der Waals surface area contributed by atoms with Crippen LogP contribution in [-0.4, -0.2) is 32.3 Å². The summed E-state index contributed by atoms with van der Waals surface area (Å²) < 4.78 is 32.2. The van der Waals surface area contributed by atoms with Gasteiger partial charge in [-0.3, -0.25) is 0 Å². The van der Waals surface area contributed by atoms with Crippen molar-refractivity contribution >= 4 is 10.0 Å². The van der Waals surface area contributed by atoms with Gasteiger partial charge in [0.1, 0.15) is 5.75 Å². The monoisotopic (exact) mass is 315 g/mol. The molecule has 0 unspecified atom stereocenters. The third-order valence-electron chi connectivity index (χ3n) is 3.51. The molecule has 0 aromatic heterocycles. The quantitative estimate of drug-likeness (QED) is 0.733. The molecular weight excluding hydrogens is 290 g/mol. The molecular formula is C15H25NO4S. The first-order valence-corrected chi connectivity index (χ1v) is 8.80. The number of rotatable bonds is 9.